The van der Waals surface area contributed by atoms with E-state index in [2.05, 4.69) is 48.5 Å². The Bertz CT molecular complexity index is 360. The molecule has 14 heavy (non-hydrogen) atoms. The van der Waals surface area contributed by atoms with Gasteiger partial charge in [-0.3, -0.25) is 4.98 Å². The van der Waals surface area contributed by atoms with Crippen molar-refractivity contribution in [2.75, 3.05) is 6.26 Å². The van der Waals surface area contributed by atoms with Gasteiger partial charge >= 0.3 is 0 Å². The van der Waals surface area contributed by atoms with Crippen LogP contribution in [0.4, 0.5) is 0 Å². The van der Waals surface area contributed by atoms with Crippen LogP contribution in [0.2, 0.25) is 0 Å². The average Bonchev–Trinajstić information content (AvgIpc) is 2.40. The number of hydrogen-bond donors (Lipinski definition) is 0. The predicted molar refractivity (Wildman–Crippen MR) is 64.2 cm³/mol. The van der Waals surface area contributed by atoms with Gasteiger partial charge in [0.25, 0.3) is 0 Å². The third-order valence-corrected chi connectivity index (χ3v) is 3.63. The Labute approximate surface area is 88.9 Å². The average molecular weight is 203 g/mol. The van der Waals surface area contributed by atoms with Crippen molar-refractivity contribution in [3.63, 3.8) is 0 Å². The van der Waals surface area contributed by atoms with E-state index in [1.807, 2.05) is 24.0 Å². The van der Waals surface area contributed by atoms with Gasteiger partial charge in [0.1, 0.15) is 0 Å². The van der Waals surface area contributed by atoms with E-state index in [0.29, 0.717) is 0 Å². The summed E-state index contributed by atoms with van der Waals surface area (Å²) in [5, 5.41) is 0. The van der Waals surface area contributed by atoms with Crippen molar-refractivity contribution in [3.8, 4) is 0 Å². The highest BCUT2D eigenvalue weighted by molar-refractivity contribution is 8.00. The number of aromatic nitrogens is 1. The molecule has 0 saturated heterocycles. The number of thioether (sulfide) groups is 1. The smallest absolute Gasteiger partial charge is 0.0699 e. The van der Waals surface area contributed by atoms with Gasteiger partial charge in [-0.25, -0.2) is 0 Å². The largest absolute Gasteiger partial charge is 0.256 e. The molecule has 72 valence electrons. The molecule has 0 N–H and O–H groups in total. The summed E-state index contributed by atoms with van der Waals surface area (Å²) in [6.45, 7) is 2.20. The van der Waals surface area contributed by atoms with Gasteiger partial charge in [-0.05, 0) is 30.9 Å². The third-order valence-electron chi connectivity index (χ3n) is 2.48. The molecule has 1 atom stereocenters. The maximum absolute atomic E-state index is 4.33. The minimum atomic E-state index is 0.0979. The van der Waals surface area contributed by atoms with Gasteiger partial charge in [0, 0.05) is 10.9 Å². The lowest BCUT2D eigenvalue weighted by atomic mass is 10.1. The summed E-state index contributed by atoms with van der Waals surface area (Å²) in [6.07, 6.45) is 12.6. The molecule has 0 saturated carbocycles. The number of nitrogens with zero attached hydrogens (tertiary/aromatic N) is 1. The topological polar surface area (TPSA) is 12.9 Å². The minimum absolute atomic E-state index is 0.0979. The van der Waals surface area contributed by atoms with Gasteiger partial charge in [-0.1, -0.05) is 24.3 Å². The fraction of sp³-hybridized carbons (Fsp3) is 0.250. The van der Waals surface area contributed by atoms with Gasteiger partial charge in [0.05, 0.1) is 5.69 Å². The molecule has 0 spiro atoms. The SMILES string of the molecule is CSC1(C)C=Cc2cccnc2C=C1. The molecular formula is C12H13NS. The van der Waals surface area contributed by atoms with Crippen molar-refractivity contribution >= 4 is 23.9 Å². The Hall–Kier alpha value is -1.02. The monoisotopic (exact) mass is 203 g/mol. The van der Waals surface area contributed by atoms with Crippen molar-refractivity contribution in [1.82, 2.24) is 4.98 Å². The van der Waals surface area contributed by atoms with Gasteiger partial charge in [0.15, 0.2) is 0 Å². The molecule has 1 heterocycles. The molecule has 0 fully saturated rings. The van der Waals surface area contributed by atoms with E-state index < -0.39 is 0 Å². The van der Waals surface area contributed by atoms with Crippen LogP contribution in [-0.2, 0) is 0 Å². The second-order valence-corrected chi connectivity index (χ2v) is 4.82. The molecule has 0 aromatic carbocycles. The third kappa shape index (κ3) is 1.75. The van der Waals surface area contributed by atoms with E-state index in [9.17, 15) is 0 Å². The summed E-state index contributed by atoms with van der Waals surface area (Å²) in [5.41, 5.74) is 2.25. The fourth-order valence-corrected chi connectivity index (χ4v) is 1.81. The van der Waals surface area contributed by atoms with Gasteiger partial charge < -0.3 is 0 Å². The van der Waals surface area contributed by atoms with Crippen LogP contribution in [0.1, 0.15) is 18.2 Å². The van der Waals surface area contributed by atoms with E-state index >= 15 is 0 Å². The van der Waals surface area contributed by atoms with Crippen molar-refractivity contribution in [1.29, 1.82) is 0 Å². The normalized spacial score (nSPS) is 24.4. The minimum Gasteiger partial charge on any atom is -0.256 e. The first kappa shape index (κ1) is 9.53. The Morgan fingerprint density at radius 3 is 2.86 bits per heavy atom. The lowest BCUT2D eigenvalue weighted by Crippen LogP contribution is -2.10. The zero-order valence-corrected chi connectivity index (χ0v) is 9.21. The molecule has 0 bridgehead atoms. The number of pyridine rings is 1. The second kappa shape index (κ2) is 3.62. The first-order chi connectivity index (χ1) is 6.73. The van der Waals surface area contributed by atoms with Crippen LogP contribution >= 0.6 is 11.8 Å². The van der Waals surface area contributed by atoms with Crippen LogP contribution in [0, 0.1) is 0 Å². The van der Waals surface area contributed by atoms with Gasteiger partial charge in [-0.2, -0.15) is 11.8 Å². The molecular weight excluding hydrogens is 190 g/mol. The Balaban J connectivity index is 2.47. The molecule has 0 aliphatic heterocycles. The Morgan fingerprint density at radius 2 is 2.07 bits per heavy atom. The summed E-state index contributed by atoms with van der Waals surface area (Å²) >= 11 is 1.83. The molecule has 0 radical (unpaired) electrons. The van der Waals surface area contributed by atoms with Crippen molar-refractivity contribution in [2.24, 2.45) is 0 Å². The van der Waals surface area contributed by atoms with Crippen LogP contribution in [0.15, 0.2) is 30.5 Å². The van der Waals surface area contributed by atoms with E-state index in [1.165, 1.54) is 5.56 Å². The number of rotatable bonds is 1. The van der Waals surface area contributed by atoms with Gasteiger partial charge in [0.2, 0.25) is 0 Å². The highest BCUT2D eigenvalue weighted by atomic mass is 32.2. The van der Waals surface area contributed by atoms with Crippen LogP contribution < -0.4 is 0 Å². The van der Waals surface area contributed by atoms with E-state index in [-0.39, 0.29) is 4.75 Å². The number of hydrogen-bond acceptors (Lipinski definition) is 2. The number of fused-ring (bicyclic) bond motifs is 1. The molecule has 1 aromatic heterocycles. The highest BCUT2D eigenvalue weighted by Crippen LogP contribution is 2.30. The molecule has 1 aliphatic rings. The Morgan fingerprint density at radius 1 is 1.29 bits per heavy atom. The van der Waals surface area contributed by atoms with Crippen LogP contribution in [0.25, 0.3) is 12.2 Å². The summed E-state index contributed by atoms with van der Waals surface area (Å²) in [5.74, 6) is 0. The van der Waals surface area contributed by atoms with Crippen molar-refractivity contribution < 1.29 is 0 Å². The van der Waals surface area contributed by atoms with Crippen molar-refractivity contribution in [3.05, 3.63) is 41.7 Å². The van der Waals surface area contributed by atoms with Crippen LogP contribution in [-0.4, -0.2) is 16.0 Å². The highest BCUT2D eigenvalue weighted by Gasteiger charge is 2.17. The predicted octanol–water partition coefficient (Wildman–Crippen LogP) is 3.24. The maximum Gasteiger partial charge on any atom is 0.0699 e. The molecule has 0 amide bonds. The lowest BCUT2D eigenvalue weighted by Gasteiger charge is -2.17. The maximum atomic E-state index is 4.33. The van der Waals surface area contributed by atoms with Crippen LogP contribution in [0.5, 0.6) is 0 Å². The lowest BCUT2D eigenvalue weighted by molar-refractivity contribution is 1.03. The standard InChI is InChI=1S/C12H13NS/c1-12(14-2)7-5-10-4-3-9-13-11(10)6-8-12/h3-9H,1-2H3. The van der Waals surface area contributed by atoms with Crippen LogP contribution in [0.3, 0.4) is 0 Å². The van der Waals surface area contributed by atoms with Gasteiger partial charge in [-0.15, -0.1) is 0 Å². The zero-order chi connectivity index (χ0) is 10.0. The molecule has 1 aliphatic carbocycles. The summed E-state index contributed by atoms with van der Waals surface area (Å²) in [4.78, 5) is 4.33. The Kier molecular flexibility index (Phi) is 2.46. The van der Waals surface area contributed by atoms with Crippen molar-refractivity contribution in [2.45, 2.75) is 11.7 Å². The molecule has 1 aromatic rings. The summed E-state index contributed by atoms with van der Waals surface area (Å²) in [6, 6.07) is 4.06. The first-order valence-electron chi connectivity index (χ1n) is 4.62. The fourth-order valence-electron chi connectivity index (χ4n) is 1.40. The second-order valence-electron chi connectivity index (χ2n) is 3.53. The summed E-state index contributed by atoms with van der Waals surface area (Å²) in [7, 11) is 0. The molecule has 1 unspecified atom stereocenters. The summed E-state index contributed by atoms with van der Waals surface area (Å²) < 4.78 is 0.0979. The quantitative estimate of drug-likeness (QED) is 0.695. The molecule has 2 heteroatoms. The van der Waals surface area contributed by atoms with E-state index in [4.69, 9.17) is 0 Å². The van der Waals surface area contributed by atoms with E-state index in [1.54, 1.807) is 0 Å². The molecule has 2 rings (SSSR count). The molecule has 1 nitrogen and oxygen atoms in total. The first-order valence-corrected chi connectivity index (χ1v) is 5.85. The van der Waals surface area contributed by atoms with E-state index in [0.717, 1.165) is 5.69 Å². The zero-order valence-electron chi connectivity index (χ0n) is 8.40.